The Kier molecular flexibility index (Phi) is 2.26. The molecule has 0 saturated carbocycles. The Labute approximate surface area is 95.2 Å². The van der Waals surface area contributed by atoms with Crippen molar-refractivity contribution >= 4 is 27.5 Å². The van der Waals surface area contributed by atoms with Crippen molar-refractivity contribution in [3.63, 3.8) is 0 Å². The molecule has 0 aliphatic heterocycles. The van der Waals surface area contributed by atoms with E-state index in [4.69, 9.17) is 4.42 Å². The van der Waals surface area contributed by atoms with Gasteiger partial charge in [0, 0.05) is 0 Å². The number of fused-ring (bicyclic) bond motifs is 1. The molecule has 0 saturated heterocycles. The maximum atomic E-state index is 5.23. The van der Waals surface area contributed by atoms with Crippen molar-refractivity contribution in [1.82, 2.24) is 15.0 Å². The van der Waals surface area contributed by atoms with E-state index in [0.29, 0.717) is 6.54 Å². The van der Waals surface area contributed by atoms with Crippen molar-refractivity contribution in [3.8, 4) is 0 Å². The van der Waals surface area contributed by atoms with Gasteiger partial charge in [-0.15, -0.1) is 11.3 Å². The van der Waals surface area contributed by atoms with E-state index in [2.05, 4.69) is 20.3 Å². The van der Waals surface area contributed by atoms with E-state index in [9.17, 15) is 0 Å². The van der Waals surface area contributed by atoms with Gasteiger partial charge in [-0.1, -0.05) is 0 Å². The van der Waals surface area contributed by atoms with Gasteiger partial charge < -0.3 is 9.73 Å². The van der Waals surface area contributed by atoms with E-state index in [1.165, 1.54) is 17.7 Å². The normalized spacial score (nSPS) is 10.8. The third-order valence-electron chi connectivity index (χ3n) is 2.15. The fourth-order valence-corrected chi connectivity index (χ4v) is 2.03. The summed E-state index contributed by atoms with van der Waals surface area (Å²) in [5.41, 5.74) is 2.57. The van der Waals surface area contributed by atoms with Crippen LogP contribution in [-0.4, -0.2) is 15.0 Å². The van der Waals surface area contributed by atoms with Gasteiger partial charge >= 0.3 is 0 Å². The van der Waals surface area contributed by atoms with Crippen molar-refractivity contribution in [3.05, 3.63) is 36.0 Å². The molecule has 6 heteroatoms. The zero-order valence-corrected chi connectivity index (χ0v) is 9.07. The van der Waals surface area contributed by atoms with E-state index in [1.807, 2.05) is 12.1 Å². The van der Waals surface area contributed by atoms with Crippen LogP contribution in [-0.2, 0) is 6.54 Å². The zero-order valence-electron chi connectivity index (χ0n) is 8.25. The number of nitrogens with zero attached hydrogens (tertiary/aromatic N) is 3. The Balaban J connectivity index is 1.86. The van der Waals surface area contributed by atoms with Gasteiger partial charge in [-0.05, 0) is 12.1 Å². The molecule has 0 aromatic carbocycles. The standard InChI is InChI=1S/C10H8N4OS/c1-2-7(15-3-1)4-11-9-8-10(13-5-12-9)16-6-14-8/h1-3,5-6H,4H2,(H,11,12,13). The average molecular weight is 232 g/mol. The van der Waals surface area contributed by atoms with Gasteiger partial charge in [0.05, 0.1) is 18.3 Å². The molecule has 0 unspecified atom stereocenters. The van der Waals surface area contributed by atoms with Crippen LogP contribution in [0.4, 0.5) is 5.82 Å². The molecule has 3 rings (SSSR count). The predicted molar refractivity (Wildman–Crippen MR) is 61.2 cm³/mol. The Morgan fingerprint density at radius 3 is 3.19 bits per heavy atom. The smallest absolute Gasteiger partial charge is 0.157 e. The van der Waals surface area contributed by atoms with Crippen LogP contribution in [0.5, 0.6) is 0 Å². The predicted octanol–water partition coefficient (Wildman–Crippen LogP) is 2.29. The van der Waals surface area contributed by atoms with E-state index in [0.717, 1.165) is 21.9 Å². The molecule has 5 nitrogen and oxygen atoms in total. The van der Waals surface area contributed by atoms with Crippen molar-refractivity contribution in [1.29, 1.82) is 0 Å². The zero-order chi connectivity index (χ0) is 10.8. The van der Waals surface area contributed by atoms with Crippen molar-refractivity contribution in [2.75, 3.05) is 5.32 Å². The molecule has 0 aliphatic carbocycles. The van der Waals surface area contributed by atoms with Gasteiger partial charge in [-0.2, -0.15) is 0 Å². The minimum atomic E-state index is 0.594. The quantitative estimate of drug-likeness (QED) is 0.750. The lowest BCUT2D eigenvalue weighted by molar-refractivity contribution is 0.518. The van der Waals surface area contributed by atoms with Crippen LogP contribution in [0.25, 0.3) is 10.3 Å². The number of thiazole rings is 1. The highest BCUT2D eigenvalue weighted by atomic mass is 32.1. The molecule has 0 bridgehead atoms. The summed E-state index contributed by atoms with van der Waals surface area (Å²) in [6.07, 6.45) is 3.18. The van der Waals surface area contributed by atoms with Crippen LogP contribution < -0.4 is 5.32 Å². The molecule has 0 amide bonds. The fourth-order valence-electron chi connectivity index (χ4n) is 1.41. The monoisotopic (exact) mass is 232 g/mol. The molecule has 0 radical (unpaired) electrons. The second kappa shape index (κ2) is 3.90. The fraction of sp³-hybridized carbons (Fsp3) is 0.100. The van der Waals surface area contributed by atoms with Crippen molar-refractivity contribution in [2.24, 2.45) is 0 Å². The summed E-state index contributed by atoms with van der Waals surface area (Å²) in [5, 5.41) is 3.18. The first-order valence-electron chi connectivity index (χ1n) is 4.74. The Bertz CT molecular complexity index is 590. The molecule has 0 aliphatic rings. The highest BCUT2D eigenvalue weighted by Gasteiger charge is 2.06. The Hall–Kier alpha value is -1.95. The van der Waals surface area contributed by atoms with E-state index in [1.54, 1.807) is 11.8 Å². The van der Waals surface area contributed by atoms with Crippen LogP contribution in [0.15, 0.2) is 34.7 Å². The molecule has 3 aromatic rings. The number of hydrogen-bond donors (Lipinski definition) is 1. The number of hydrogen-bond acceptors (Lipinski definition) is 6. The van der Waals surface area contributed by atoms with Crippen LogP contribution in [0.2, 0.25) is 0 Å². The molecule has 80 valence electrons. The molecule has 1 N–H and O–H groups in total. The summed E-state index contributed by atoms with van der Waals surface area (Å²) in [7, 11) is 0. The van der Waals surface area contributed by atoms with E-state index >= 15 is 0 Å². The molecule has 3 heterocycles. The number of aromatic nitrogens is 3. The highest BCUT2D eigenvalue weighted by molar-refractivity contribution is 7.16. The first-order chi connectivity index (χ1) is 7.93. The lowest BCUT2D eigenvalue weighted by Gasteiger charge is -2.02. The number of nitrogens with one attached hydrogen (secondary N) is 1. The summed E-state index contributed by atoms with van der Waals surface area (Å²) in [5.74, 6) is 1.60. The minimum Gasteiger partial charge on any atom is -0.467 e. The van der Waals surface area contributed by atoms with Crippen molar-refractivity contribution < 1.29 is 4.42 Å². The van der Waals surface area contributed by atoms with Crippen molar-refractivity contribution in [2.45, 2.75) is 6.54 Å². The van der Waals surface area contributed by atoms with Gasteiger partial charge in [0.2, 0.25) is 0 Å². The number of anilines is 1. The SMILES string of the molecule is c1coc(CNc2ncnc3scnc23)c1. The first kappa shape index (κ1) is 9.29. The van der Waals surface area contributed by atoms with Crippen LogP contribution in [0.3, 0.4) is 0 Å². The first-order valence-corrected chi connectivity index (χ1v) is 5.62. The van der Waals surface area contributed by atoms with Gasteiger partial charge in [-0.3, -0.25) is 0 Å². The second-order valence-electron chi connectivity index (χ2n) is 3.16. The topological polar surface area (TPSA) is 63.8 Å². The van der Waals surface area contributed by atoms with Gasteiger partial charge in [0.25, 0.3) is 0 Å². The molecule has 0 fully saturated rings. The third-order valence-corrected chi connectivity index (χ3v) is 2.88. The maximum Gasteiger partial charge on any atom is 0.157 e. The van der Waals surface area contributed by atoms with Gasteiger partial charge in [0.15, 0.2) is 5.82 Å². The lowest BCUT2D eigenvalue weighted by atomic mass is 10.4. The largest absolute Gasteiger partial charge is 0.467 e. The number of rotatable bonds is 3. The molecular weight excluding hydrogens is 224 g/mol. The second-order valence-corrected chi connectivity index (χ2v) is 3.99. The van der Waals surface area contributed by atoms with Crippen LogP contribution in [0, 0.1) is 0 Å². The Morgan fingerprint density at radius 1 is 1.31 bits per heavy atom. The maximum absolute atomic E-state index is 5.23. The lowest BCUT2D eigenvalue weighted by Crippen LogP contribution is -2.01. The molecule has 0 spiro atoms. The third kappa shape index (κ3) is 1.63. The summed E-state index contributed by atoms with van der Waals surface area (Å²) in [4.78, 5) is 13.4. The summed E-state index contributed by atoms with van der Waals surface area (Å²) < 4.78 is 5.23. The summed E-state index contributed by atoms with van der Waals surface area (Å²) >= 11 is 1.50. The summed E-state index contributed by atoms with van der Waals surface area (Å²) in [6, 6.07) is 3.77. The Morgan fingerprint density at radius 2 is 2.31 bits per heavy atom. The van der Waals surface area contributed by atoms with E-state index < -0.39 is 0 Å². The molecule has 16 heavy (non-hydrogen) atoms. The van der Waals surface area contributed by atoms with Gasteiger partial charge in [-0.25, -0.2) is 15.0 Å². The minimum absolute atomic E-state index is 0.594. The molecular formula is C10H8N4OS. The van der Waals surface area contributed by atoms with Crippen LogP contribution in [0.1, 0.15) is 5.76 Å². The molecule has 3 aromatic heterocycles. The molecule has 0 atom stereocenters. The van der Waals surface area contributed by atoms with Crippen LogP contribution >= 0.6 is 11.3 Å². The highest BCUT2D eigenvalue weighted by Crippen LogP contribution is 2.20. The summed E-state index contributed by atoms with van der Waals surface area (Å²) in [6.45, 7) is 0.594. The van der Waals surface area contributed by atoms with Gasteiger partial charge in [0.1, 0.15) is 22.4 Å². The van der Waals surface area contributed by atoms with E-state index in [-0.39, 0.29) is 0 Å². The number of furan rings is 1. The average Bonchev–Trinajstić information content (AvgIpc) is 2.97.